The van der Waals surface area contributed by atoms with Gasteiger partial charge in [-0.3, -0.25) is 4.79 Å². The van der Waals surface area contributed by atoms with Crippen LogP contribution in [-0.2, 0) is 4.74 Å². The number of H-pyrrole nitrogens is 1. The molecule has 0 unspecified atom stereocenters. The van der Waals surface area contributed by atoms with Gasteiger partial charge in [-0.15, -0.1) is 0 Å². The fourth-order valence-electron chi connectivity index (χ4n) is 3.26. The second-order valence-corrected chi connectivity index (χ2v) is 7.50. The van der Waals surface area contributed by atoms with E-state index >= 15 is 4.39 Å². The van der Waals surface area contributed by atoms with E-state index in [0.29, 0.717) is 17.2 Å². The summed E-state index contributed by atoms with van der Waals surface area (Å²) in [7, 11) is 0. The van der Waals surface area contributed by atoms with Crippen molar-refractivity contribution in [3.63, 3.8) is 0 Å². The van der Waals surface area contributed by atoms with Crippen LogP contribution in [0, 0.1) is 0 Å². The first-order valence-electron chi connectivity index (χ1n) is 9.88. The van der Waals surface area contributed by atoms with Crippen molar-refractivity contribution in [2.45, 2.75) is 56.9 Å². The van der Waals surface area contributed by atoms with Crippen LogP contribution in [0.25, 0.3) is 11.5 Å². The van der Waals surface area contributed by atoms with E-state index in [1.54, 1.807) is 19.2 Å². The van der Waals surface area contributed by atoms with E-state index in [9.17, 15) is 4.79 Å². The zero-order valence-corrected chi connectivity index (χ0v) is 16.6. The van der Waals surface area contributed by atoms with Crippen molar-refractivity contribution in [2.24, 2.45) is 4.99 Å². The Bertz CT molecular complexity index is 1010. The molecule has 158 valence electrons. The van der Waals surface area contributed by atoms with Gasteiger partial charge in [-0.25, -0.2) is 19.4 Å². The largest absolute Gasteiger partial charge is 0.474 e. The van der Waals surface area contributed by atoms with Crippen LogP contribution >= 0.6 is 0 Å². The summed E-state index contributed by atoms with van der Waals surface area (Å²) in [5, 5.41) is 2.19. The maximum atomic E-state index is 15.2. The normalized spacial score (nSPS) is 24.3. The third-order valence-corrected chi connectivity index (χ3v) is 5.26. The molecule has 0 aromatic carbocycles. The molecule has 2 aromatic rings. The fourth-order valence-corrected chi connectivity index (χ4v) is 3.26. The van der Waals surface area contributed by atoms with Gasteiger partial charge in [-0.05, 0) is 31.8 Å². The van der Waals surface area contributed by atoms with Crippen LogP contribution in [0.1, 0.15) is 39.0 Å². The summed E-state index contributed by atoms with van der Waals surface area (Å²) in [6.07, 6.45) is 9.31. The number of aromatic amines is 1. The number of ether oxygens (including phenoxy) is 2. The maximum absolute atomic E-state index is 15.2. The van der Waals surface area contributed by atoms with E-state index in [0.717, 1.165) is 19.3 Å². The number of allylic oxidation sites excluding steroid dienone is 2. The van der Waals surface area contributed by atoms with Crippen molar-refractivity contribution in [1.82, 2.24) is 15.1 Å². The van der Waals surface area contributed by atoms with Crippen LogP contribution in [0.5, 0.6) is 5.88 Å². The zero-order chi connectivity index (χ0) is 21.1. The number of hydrogen-bond acceptors (Lipinski definition) is 7. The van der Waals surface area contributed by atoms with Gasteiger partial charge in [-0.2, -0.15) is 5.16 Å². The average molecular weight is 414 g/mol. The predicted octanol–water partition coefficient (Wildman–Crippen LogP) is 3.73. The quantitative estimate of drug-likeness (QED) is 0.401. The molecule has 9 heteroatoms. The molecule has 2 aliphatic rings. The second-order valence-electron chi connectivity index (χ2n) is 7.50. The molecule has 30 heavy (non-hydrogen) atoms. The Labute approximate surface area is 172 Å². The first-order valence-corrected chi connectivity index (χ1v) is 9.88. The van der Waals surface area contributed by atoms with E-state index in [4.69, 9.17) is 14.0 Å². The van der Waals surface area contributed by atoms with Crippen molar-refractivity contribution in [3.05, 3.63) is 52.9 Å². The molecule has 2 aliphatic carbocycles. The standard InChI is InChI=1S/C21H23FN4O4/c1-3-23-19(28-14-5-4-6-14)7-13(2)21(22)9-15(10-21)29-20-12-24-16(11-25-20)17-8-18(27)26-30-17/h3,7-8,11-12,14-15H,2,4-6,9-10H2,1H3,(H,26,27)/b19-7+,23-3?. The average Bonchev–Trinajstić information content (AvgIpc) is 3.10. The van der Waals surface area contributed by atoms with Gasteiger partial charge in [0, 0.05) is 25.1 Å². The van der Waals surface area contributed by atoms with Crippen LogP contribution in [0.3, 0.4) is 0 Å². The molecule has 0 aliphatic heterocycles. The van der Waals surface area contributed by atoms with E-state index in [1.165, 1.54) is 18.5 Å². The Hall–Kier alpha value is -3.23. The molecule has 0 bridgehead atoms. The highest BCUT2D eigenvalue weighted by Crippen LogP contribution is 2.44. The highest BCUT2D eigenvalue weighted by atomic mass is 19.1. The Balaban J connectivity index is 1.33. The van der Waals surface area contributed by atoms with Crippen LogP contribution in [0.2, 0.25) is 0 Å². The topological polar surface area (TPSA) is 103 Å². The van der Waals surface area contributed by atoms with Gasteiger partial charge in [0.25, 0.3) is 5.56 Å². The number of aromatic nitrogens is 3. The zero-order valence-electron chi connectivity index (χ0n) is 16.6. The second kappa shape index (κ2) is 8.25. The van der Waals surface area contributed by atoms with E-state index in [1.807, 2.05) is 0 Å². The molecule has 0 atom stereocenters. The summed E-state index contributed by atoms with van der Waals surface area (Å²) in [6.45, 7) is 5.67. The molecule has 2 saturated carbocycles. The third-order valence-electron chi connectivity index (χ3n) is 5.26. The molecule has 2 heterocycles. The molecular weight excluding hydrogens is 391 g/mol. The number of hydrogen-bond donors (Lipinski definition) is 1. The Morgan fingerprint density at radius 1 is 1.37 bits per heavy atom. The lowest BCUT2D eigenvalue weighted by Crippen LogP contribution is -2.47. The van der Waals surface area contributed by atoms with Gasteiger partial charge in [0.05, 0.1) is 18.5 Å². The van der Waals surface area contributed by atoms with Crippen molar-refractivity contribution in [3.8, 4) is 17.3 Å². The highest BCUT2D eigenvalue weighted by molar-refractivity contribution is 5.55. The van der Waals surface area contributed by atoms with Crippen molar-refractivity contribution in [1.29, 1.82) is 0 Å². The lowest BCUT2D eigenvalue weighted by Gasteiger charge is -2.41. The van der Waals surface area contributed by atoms with E-state index in [-0.39, 0.29) is 42.2 Å². The van der Waals surface area contributed by atoms with Gasteiger partial charge in [0.15, 0.2) is 5.76 Å². The third kappa shape index (κ3) is 4.34. The van der Waals surface area contributed by atoms with Crippen LogP contribution in [-0.4, -0.2) is 39.2 Å². The lowest BCUT2D eigenvalue weighted by atomic mass is 9.74. The monoisotopic (exact) mass is 414 g/mol. The Morgan fingerprint density at radius 3 is 2.73 bits per heavy atom. The first-order chi connectivity index (χ1) is 14.4. The minimum Gasteiger partial charge on any atom is -0.474 e. The van der Waals surface area contributed by atoms with Gasteiger partial charge >= 0.3 is 0 Å². The number of aliphatic imine (C=N–C) groups is 1. The molecule has 0 radical (unpaired) electrons. The van der Waals surface area contributed by atoms with Gasteiger partial charge in [0.1, 0.15) is 23.6 Å². The van der Waals surface area contributed by atoms with Crippen LogP contribution < -0.4 is 10.3 Å². The minimum atomic E-state index is -1.57. The maximum Gasteiger partial charge on any atom is 0.280 e. The summed E-state index contributed by atoms with van der Waals surface area (Å²) < 4.78 is 31.6. The van der Waals surface area contributed by atoms with Gasteiger partial charge < -0.3 is 14.0 Å². The summed E-state index contributed by atoms with van der Waals surface area (Å²) >= 11 is 0. The molecule has 4 rings (SSSR count). The summed E-state index contributed by atoms with van der Waals surface area (Å²) in [5.41, 5.74) is -1.21. The van der Waals surface area contributed by atoms with Gasteiger partial charge in [0.2, 0.25) is 11.8 Å². The van der Waals surface area contributed by atoms with E-state index < -0.39 is 5.67 Å². The molecule has 1 N–H and O–H groups in total. The molecule has 2 fully saturated rings. The van der Waals surface area contributed by atoms with Gasteiger partial charge in [-0.1, -0.05) is 6.58 Å². The van der Waals surface area contributed by atoms with Crippen molar-refractivity contribution in [2.75, 3.05) is 0 Å². The number of nitrogens with zero attached hydrogens (tertiary/aromatic N) is 3. The highest BCUT2D eigenvalue weighted by Gasteiger charge is 2.48. The summed E-state index contributed by atoms with van der Waals surface area (Å²) in [5.74, 6) is 0.948. The smallest absolute Gasteiger partial charge is 0.280 e. The SMILES string of the molecule is C=C(/C=C(\N=CC)OC1CCC1)C1(F)CC(Oc2cnc(-c3cc(=O)[nH]o3)cn2)C1. The lowest BCUT2D eigenvalue weighted by molar-refractivity contribution is -0.0176. The molecule has 0 amide bonds. The summed E-state index contributed by atoms with van der Waals surface area (Å²) in [6, 6.07) is 1.28. The molecule has 0 saturated heterocycles. The molecule has 8 nitrogen and oxygen atoms in total. The number of rotatable bonds is 8. The molecule has 0 spiro atoms. The van der Waals surface area contributed by atoms with Crippen molar-refractivity contribution >= 4 is 6.21 Å². The fraction of sp³-hybridized carbons (Fsp3) is 0.429. The molecular formula is C21H23FN4O4. The Morgan fingerprint density at radius 2 is 2.17 bits per heavy atom. The number of halogens is 1. The predicted molar refractivity (Wildman–Crippen MR) is 108 cm³/mol. The minimum absolute atomic E-state index is 0.154. The van der Waals surface area contributed by atoms with E-state index in [2.05, 4.69) is 26.7 Å². The van der Waals surface area contributed by atoms with Crippen LogP contribution in [0.4, 0.5) is 4.39 Å². The number of alkyl halides is 1. The number of nitrogens with one attached hydrogen (secondary N) is 1. The van der Waals surface area contributed by atoms with Crippen molar-refractivity contribution < 1.29 is 18.4 Å². The molecule has 2 aromatic heterocycles. The van der Waals surface area contributed by atoms with Crippen LogP contribution in [0.15, 0.2) is 56.9 Å². The summed E-state index contributed by atoms with van der Waals surface area (Å²) in [4.78, 5) is 23.6. The first kappa shape index (κ1) is 20.1. The Kier molecular flexibility index (Phi) is 5.52.